The molecule has 7 nitrogen and oxygen atoms in total. The van der Waals surface area contributed by atoms with E-state index in [4.69, 9.17) is 11.5 Å². The Morgan fingerprint density at radius 1 is 1.20 bits per heavy atom. The highest BCUT2D eigenvalue weighted by Gasteiger charge is 2.40. The second-order valence-corrected chi connectivity index (χ2v) is 8.09. The standard InChI is InChI=1S/C19H16F3N5O2S/c1-6-4-5-9(28)7(2)13(6)27-14-10(11(16(27)23)17(24)29)15(19(20,21)22)26-18-12(14)25-8(3)30-18/h4-5,28H,23H2,1-3H3,(H2,24,29). The Labute approximate surface area is 171 Å². The number of amides is 1. The summed E-state index contributed by atoms with van der Waals surface area (Å²) < 4.78 is 43.1. The molecule has 0 aliphatic rings. The maximum atomic E-state index is 13.9. The van der Waals surface area contributed by atoms with Crippen molar-refractivity contribution < 1.29 is 23.1 Å². The van der Waals surface area contributed by atoms with Crippen molar-refractivity contribution in [2.24, 2.45) is 5.73 Å². The lowest BCUT2D eigenvalue weighted by molar-refractivity contribution is -0.139. The van der Waals surface area contributed by atoms with Crippen LogP contribution in [-0.4, -0.2) is 25.5 Å². The van der Waals surface area contributed by atoms with E-state index in [1.54, 1.807) is 26.8 Å². The maximum Gasteiger partial charge on any atom is 0.434 e. The molecule has 0 aliphatic carbocycles. The number of nitrogen functional groups attached to an aromatic ring is 1. The minimum Gasteiger partial charge on any atom is -0.508 e. The van der Waals surface area contributed by atoms with Crippen molar-refractivity contribution in [2.75, 3.05) is 5.73 Å². The number of primary amides is 1. The summed E-state index contributed by atoms with van der Waals surface area (Å²) in [6.45, 7) is 4.95. The average molecular weight is 435 g/mol. The lowest BCUT2D eigenvalue weighted by Gasteiger charge is -2.16. The van der Waals surface area contributed by atoms with Gasteiger partial charge in [0.15, 0.2) is 5.69 Å². The van der Waals surface area contributed by atoms with Crippen molar-refractivity contribution >= 4 is 44.3 Å². The third-order valence-corrected chi connectivity index (χ3v) is 5.81. The summed E-state index contributed by atoms with van der Waals surface area (Å²) >= 11 is 0.994. The third kappa shape index (κ3) is 2.69. The number of carbonyl (C=O) groups is 1. The van der Waals surface area contributed by atoms with Crippen molar-refractivity contribution in [3.8, 4) is 11.4 Å². The van der Waals surface area contributed by atoms with Crippen LogP contribution >= 0.6 is 11.3 Å². The largest absolute Gasteiger partial charge is 0.508 e. The van der Waals surface area contributed by atoms with Gasteiger partial charge in [0.2, 0.25) is 0 Å². The van der Waals surface area contributed by atoms with Gasteiger partial charge >= 0.3 is 6.18 Å². The van der Waals surface area contributed by atoms with E-state index in [2.05, 4.69) is 9.97 Å². The number of anilines is 1. The number of hydrogen-bond acceptors (Lipinski definition) is 6. The second-order valence-electron chi connectivity index (χ2n) is 6.90. The molecule has 1 amide bonds. The van der Waals surface area contributed by atoms with Gasteiger partial charge in [-0.3, -0.25) is 9.36 Å². The van der Waals surface area contributed by atoms with Crippen LogP contribution in [0.5, 0.6) is 5.75 Å². The number of carbonyl (C=O) groups excluding carboxylic acids is 1. The Balaban J connectivity index is 2.38. The number of aryl methyl sites for hydroxylation is 2. The molecule has 11 heteroatoms. The number of phenolic OH excluding ortho intramolecular Hbond substituents is 1. The van der Waals surface area contributed by atoms with Crippen LogP contribution in [0.25, 0.3) is 26.9 Å². The molecule has 30 heavy (non-hydrogen) atoms. The first-order valence-electron chi connectivity index (χ1n) is 8.71. The Bertz CT molecular complexity index is 1370. The van der Waals surface area contributed by atoms with Gasteiger partial charge in [0.05, 0.1) is 21.8 Å². The Morgan fingerprint density at radius 2 is 1.87 bits per heavy atom. The first-order valence-corrected chi connectivity index (χ1v) is 9.52. The second kappa shape index (κ2) is 6.33. The van der Waals surface area contributed by atoms with Gasteiger partial charge < -0.3 is 16.6 Å². The fourth-order valence-electron chi connectivity index (χ4n) is 3.70. The Hall–Kier alpha value is -3.34. The number of phenols is 1. The summed E-state index contributed by atoms with van der Waals surface area (Å²) in [5, 5.41) is 10.2. The average Bonchev–Trinajstić information content (AvgIpc) is 3.14. The highest BCUT2D eigenvalue weighted by molar-refractivity contribution is 7.18. The van der Waals surface area contributed by atoms with Gasteiger partial charge in [-0.05, 0) is 32.4 Å². The van der Waals surface area contributed by atoms with Crippen LogP contribution in [-0.2, 0) is 6.18 Å². The van der Waals surface area contributed by atoms with E-state index in [0.29, 0.717) is 21.8 Å². The fourth-order valence-corrected chi connectivity index (χ4v) is 4.50. The van der Waals surface area contributed by atoms with Crippen LogP contribution in [0, 0.1) is 20.8 Å². The number of rotatable bonds is 2. The summed E-state index contributed by atoms with van der Waals surface area (Å²) in [4.78, 5) is 20.4. The van der Waals surface area contributed by atoms with Gasteiger partial charge in [-0.1, -0.05) is 17.4 Å². The summed E-state index contributed by atoms with van der Waals surface area (Å²) in [6.07, 6.45) is -4.87. The zero-order valence-corrected chi connectivity index (χ0v) is 16.9. The summed E-state index contributed by atoms with van der Waals surface area (Å²) in [6, 6.07) is 3.07. The molecule has 0 aliphatic heterocycles. The number of nitrogens with two attached hydrogens (primary N) is 2. The van der Waals surface area contributed by atoms with Gasteiger partial charge in [-0.2, -0.15) is 13.2 Å². The molecule has 4 rings (SSSR count). The number of pyridine rings is 1. The third-order valence-electron chi connectivity index (χ3n) is 4.94. The van der Waals surface area contributed by atoms with Crippen LogP contribution in [0.1, 0.15) is 32.2 Å². The van der Waals surface area contributed by atoms with E-state index >= 15 is 0 Å². The van der Waals surface area contributed by atoms with Gasteiger partial charge in [-0.25, -0.2) is 9.97 Å². The van der Waals surface area contributed by atoms with E-state index < -0.39 is 28.7 Å². The minimum absolute atomic E-state index is 0.0280. The predicted molar refractivity (Wildman–Crippen MR) is 108 cm³/mol. The highest BCUT2D eigenvalue weighted by Crippen LogP contribution is 2.44. The van der Waals surface area contributed by atoms with Crippen LogP contribution in [0.4, 0.5) is 19.0 Å². The molecule has 0 unspecified atom stereocenters. The number of alkyl halides is 3. The Morgan fingerprint density at radius 3 is 2.47 bits per heavy atom. The minimum atomic E-state index is -4.87. The Kier molecular flexibility index (Phi) is 4.21. The molecule has 4 aromatic rings. The quantitative estimate of drug-likeness (QED) is 0.440. The van der Waals surface area contributed by atoms with Crippen LogP contribution in [0.3, 0.4) is 0 Å². The number of fused-ring (bicyclic) bond motifs is 3. The number of halogens is 3. The molecule has 0 saturated carbocycles. The van der Waals surface area contributed by atoms with E-state index in [1.807, 2.05) is 0 Å². The molecule has 0 fully saturated rings. The van der Waals surface area contributed by atoms with E-state index in [1.165, 1.54) is 10.6 Å². The van der Waals surface area contributed by atoms with Crippen molar-refractivity contribution in [3.63, 3.8) is 0 Å². The molecule has 1 aromatic carbocycles. The maximum absolute atomic E-state index is 13.9. The smallest absolute Gasteiger partial charge is 0.434 e. The zero-order chi connectivity index (χ0) is 22.1. The van der Waals surface area contributed by atoms with Gasteiger partial charge in [-0.15, -0.1) is 0 Å². The van der Waals surface area contributed by atoms with Crippen LogP contribution < -0.4 is 11.5 Å². The lowest BCUT2D eigenvalue weighted by atomic mass is 10.1. The van der Waals surface area contributed by atoms with E-state index in [-0.39, 0.29) is 27.4 Å². The highest BCUT2D eigenvalue weighted by atomic mass is 32.1. The molecule has 0 radical (unpaired) electrons. The number of benzene rings is 1. The normalized spacial score (nSPS) is 12.2. The molecule has 156 valence electrons. The molecule has 0 bridgehead atoms. The SMILES string of the molecule is Cc1nc2c(nc(C(F)(F)F)c3c(C(N)=O)c(N)n(-c4c(C)ccc(O)c4C)c32)s1. The van der Waals surface area contributed by atoms with Crippen LogP contribution in [0.2, 0.25) is 0 Å². The molecule has 0 spiro atoms. The zero-order valence-electron chi connectivity index (χ0n) is 16.0. The monoisotopic (exact) mass is 435 g/mol. The molecule has 3 aromatic heterocycles. The summed E-state index contributed by atoms with van der Waals surface area (Å²) in [5.41, 5.74) is 11.4. The first-order chi connectivity index (χ1) is 13.9. The topological polar surface area (TPSA) is 120 Å². The number of hydrogen-bond donors (Lipinski definition) is 3. The van der Waals surface area contributed by atoms with Crippen molar-refractivity contribution in [1.82, 2.24) is 14.5 Å². The van der Waals surface area contributed by atoms with Crippen molar-refractivity contribution in [1.29, 1.82) is 0 Å². The van der Waals surface area contributed by atoms with Gasteiger partial charge in [0.1, 0.15) is 21.9 Å². The molecule has 0 saturated heterocycles. The molecular weight excluding hydrogens is 419 g/mol. The molecule has 0 atom stereocenters. The number of nitrogens with zero attached hydrogens (tertiary/aromatic N) is 3. The van der Waals surface area contributed by atoms with Crippen molar-refractivity contribution in [3.05, 3.63) is 39.5 Å². The molecule has 5 N–H and O–H groups in total. The fraction of sp³-hybridized carbons (Fsp3) is 0.211. The van der Waals surface area contributed by atoms with E-state index in [0.717, 1.165) is 11.3 Å². The first kappa shape index (κ1) is 20.0. The summed E-state index contributed by atoms with van der Waals surface area (Å²) in [5.74, 6) is -1.47. The number of thiazole rings is 1. The predicted octanol–water partition coefficient (Wildman–Crippen LogP) is 3.97. The van der Waals surface area contributed by atoms with E-state index in [9.17, 15) is 23.1 Å². The van der Waals surface area contributed by atoms with Crippen molar-refractivity contribution in [2.45, 2.75) is 26.9 Å². The number of aromatic hydroxyl groups is 1. The summed E-state index contributed by atoms with van der Waals surface area (Å²) in [7, 11) is 0. The van der Waals surface area contributed by atoms with Gasteiger partial charge in [0, 0.05) is 10.9 Å². The van der Waals surface area contributed by atoms with Crippen LogP contribution in [0.15, 0.2) is 12.1 Å². The lowest BCUT2D eigenvalue weighted by Crippen LogP contribution is -2.16. The van der Waals surface area contributed by atoms with Gasteiger partial charge in [0.25, 0.3) is 5.91 Å². The number of aromatic nitrogens is 3. The molecular formula is C19H16F3N5O2S. The molecule has 3 heterocycles.